The van der Waals surface area contributed by atoms with Gasteiger partial charge in [0, 0.05) is 36.9 Å². The van der Waals surface area contributed by atoms with Crippen molar-refractivity contribution in [3.63, 3.8) is 0 Å². The Kier molecular flexibility index (Phi) is 10.1. The molecule has 0 atom stereocenters. The minimum absolute atomic E-state index is 0.0383. The molecule has 0 radical (unpaired) electrons. The van der Waals surface area contributed by atoms with Gasteiger partial charge in [0.1, 0.15) is 5.82 Å². The van der Waals surface area contributed by atoms with Gasteiger partial charge in [-0.1, -0.05) is 0 Å². The Morgan fingerprint density at radius 3 is 1.97 bits per heavy atom. The molecule has 0 aromatic heterocycles. The highest BCUT2D eigenvalue weighted by Crippen LogP contribution is 2.30. The Balaban J connectivity index is 1.07. The molecule has 1 aromatic carbocycles. The summed E-state index contributed by atoms with van der Waals surface area (Å²) in [5, 5.41) is 6.30. The molecule has 2 saturated carbocycles. The molecule has 0 unspecified atom stereocenters. The van der Waals surface area contributed by atoms with E-state index < -0.39 is 0 Å². The third kappa shape index (κ3) is 8.62. The number of halogens is 1. The predicted molar refractivity (Wildman–Crippen MR) is 143 cm³/mol. The second-order valence-corrected chi connectivity index (χ2v) is 11.7. The maximum absolute atomic E-state index is 13.1. The van der Waals surface area contributed by atoms with Crippen molar-refractivity contribution in [2.24, 2.45) is 17.8 Å². The number of carbonyl (C=O) groups excluding carboxylic acids is 3. The average Bonchev–Trinajstić information content (AvgIpc) is 2.89. The number of carbonyl (C=O) groups is 3. The van der Waals surface area contributed by atoms with Crippen LogP contribution in [0.5, 0.6) is 0 Å². The predicted octanol–water partition coefficient (Wildman–Crippen LogP) is 4.87. The van der Waals surface area contributed by atoms with Gasteiger partial charge >= 0.3 is 0 Å². The zero-order valence-corrected chi connectivity index (χ0v) is 22.4. The van der Waals surface area contributed by atoms with E-state index in [2.05, 4.69) is 15.5 Å². The standard InChI is InChI=1S/C30H44FN3O3/c1-21(35)32-27-12-4-23(5-13-27)20-29(36)33-28-10-2-22(3-11-28)14-17-34-18-15-25(16-19-34)30(37)24-6-8-26(31)9-7-24/h6-9,22-23,25,27-28H,2-5,10-20H2,1H3,(H,32,35)(H,33,36). The van der Waals surface area contributed by atoms with Gasteiger partial charge in [0.25, 0.3) is 0 Å². The maximum atomic E-state index is 13.1. The fourth-order valence-corrected chi connectivity index (χ4v) is 6.58. The summed E-state index contributed by atoms with van der Waals surface area (Å²) in [7, 11) is 0. The lowest BCUT2D eigenvalue weighted by Crippen LogP contribution is -2.40. The molecule has 7 heteroatoms. The van der Waals surface area contributed by atoms with E-state index in [9.17, 15) is 18.8 Å². The van der Waals surface area contributed by atoms with Crippen LogP contribution in [0.1, 0.15) is 94.3 Å². The fraction of sp³-hybridized carbons (Fsp3) is 0.700. The highest BCUT2D eigenvalue weighted by atomic mass is 19.1. The van der Waals surface area contributed by atoms with Gasteiger partial charge in [0.05, 0.1) is 0 Å². The molecule has 2 aliphatic carbocycles. The molecule has 1 aromatic rings. The number of likely N-dealkylation sites (tertiary alicyclic amines) is 1. The van der Waals surface area contributed by atoms with E-state index >= 15 is 0 Å². The van der Waals surface area contributed by atoms with Crippen molar-refractivity contribution in [1.29, 1.82) is 0 Å². The summed E-state index contributed by atoms with van der Waals surface area (Å²) in [6, 6.07) is 6.52. The molecule has 3 fully saturated rings. The Morgan fingerprint density at radius 2 is 1.38 bits per heavy atom. The SMILES string of the molecule is CC(=O)NC1CCC(CC(=O)NC2CCC(CCN3CCC(C(=O)c4ccc(F)cc4)CC3)CC2)CC1. The Morgan fingerprint density at radius 1 is 0.811 bits per heavy atom. The monoisotopic (exact) mass is 513 g/mol. The number of nitrogens with one attached hydrogen (secondary N) is 2. The van der Waals surface area contributed by atoms with Crippen LogP contribution in [0.25, 0.3) is 0 Å². The summed E-state index contributed by atoms with van der Waals surface area (Å²) in [5.74, 6) is 1.29. The van der Waals surface area contributed by atoms with E-state index in [-0.39, 0.29) is 35.4 Å². The first-order valence-corrected chi connectivity index (χ1v) is 14.4. The third-order valence-corrected chi connectivity index (χ3v) is 8.88. The van der Waals surface area contributed by atoms with Gasteiger partial charge in [0.2, 0.25) is 11.8 Å². The van der Waals surface area contributed by atoms with E-state index in [1.165, 1.54) is 31.4 Å². The number of Topliss-reactive ketones (excluding diaryl/α,β-unsaturated/α-hetero) is 1. The molecular formula is C30H44FN3O3. The Hall–Kier alpha value is -2.28. The number of rotatable bonds is 9. The molecule has 37 heavy (non-hydrogen) atoms. The Bertz CT molecular complexity index is 897. The molecule has 4 rings (SSSR count). The van der Waals surface area contributed by atoms with Crippen LogP contribution in [0.2, 0.25) is 0 Å². The van der Waals surface area contributed by atoms with Crippen LogP contribution in [0, 0.1) is 23.6 Å². The van der Waals surface area contributed by atoms with Gasteiger partial charge in [-0.3, -0.25) is 14.4 Å². The second-order valence-electron chi connectivity index (χ2n) is 11.7. The van der Waals surface area contributed by atoms with Crippen LogP contribution in [-0.2, 0) is 9.59 Å². The summed E-state index contributed by atoms with van der Waals surface area (Å²) < 4.78 is 13.1. The van der Waals surface area contributed by atoms with Crippen molar-refractivity contribution in [3.8, 4) is 0 Å². The second kappa shape index (κ2) is 13.5. The van der Waals surface area contributed by atoms with Gasteiger partial charge in [0.15, 0.2) is 5.78 Å². The molecule has 1 saturated heterocycles. The quantitative estimate of drug-likeness (QED) is 0.462. The molecule has 1 heterocycles. The number of piperidine rings is 1. The zero-order valence-electron chi connectivity index (χ0n) is 22.4. The van der Waals surface area contributed by atoms with E-state index in [1.54, 1.807) is 19.1 Å². The molecular weight excluding hydrogens is 469 g/mol. The minimum Gasteiger partial charge on any atom is -0.354 e. The van der Waals surface area contributed by atoms with Gasteiger partial charge in [-0.2, -0.15) is 0 Å². The van der Waals surface area contributed by atoms with Crippen LogP contribution < -0.4 is 10.6 Å². The van der Waals surface area contributed by atoms with Crippen molar-refractivity contribution in [2.45, 2.75) is 96.1 Å². The van der Waals surface area contributed by atoms with Gasteiger partial charge < -0.3 is 15.5 Å². The molecule has 3 aliphatic rings. The fourth-order valence-electron chi connectivity index (χ4n) is 6.58. The smallest absolute Gasteiger partial charge is 0.220 e. The first-order valence-electron chi connectivity index (χ1n) is 14.4. The molecule has 0 spiro atoms. The van der Waals surface area contributed by atoms with Crippen molar-refractivity contribution < 1.29 is 18.8 Å². The van der Waals surface area contributed by atoms with E-state index in [1.807, 2.05) is 0 Å². The van der Waals surface area contributed by atoms with Crippen molar-refractivity contribution in [2.75, 3.05) is 19.6 Å². The highest BCUT2D eigenvalue weighted by Gasteiger charge is 2.28. The van der Waals surface area contributed by atoms with Crippen molar-refractivity contribution in [3.05, 3.63) is 35.6 Å². The highest BCUT2D eigenvalue weighted by molar-refractivity contribution is 5.97. The molecule has 0 bridgehead atoms. The number of ketones is 1. The molecule has 204 valence electrons. The van der Waals surface area contributed by atoms with E-state index in [0.717, 1.165) is 76.9 Å². The molecule has 2 N–H and O–H groups in total. The normalized spacial score (nSPS) is 27.4. The van der Waals surface area contributed by atoms with Crippen LogP contribution in [0.3, 0.4) is 0 Å². The van der Waals surface area contributed by atoms with Gasteiger partial charge in [-0.15, -0.1) is 0 Å². The van der Waals surface area contributed by atoms with E-state index in [4.69, 9.17) is 0 Å². The van der Waals surface area contributed by atoms with Crippen LogP contribution in [0.4, 0.5) is 4.39 Å². The minimum atomic E-state index is -0.305. The van der Waals surface area contributed by atoms with Crippen LogP contribution >= 0.6 is 0 Å². The topological polar surface area (TPSA) is 78.5 Å². The lowest BCUT2D eigenvalue weighted by Gasteiger charge is -2.34. The summed E-state index contributed by atoms with van der Waals surface area (Å²) in [4.78, 5) is 39.0. The number of hydrogen-bond acceptors (Lipinski definition) is 4. The average molecular weight is 514 g/mol. The maximum Gasteiger partial charge on any atom is 0.220 e. The first kappa shape index (κ1) is 27.7. The van der Waals surface area contributed by atoms with E-state index in [0.29, 0.717) is 23.9 Å². The number of benzene rings is 1. The summed E-state index contributed by atoms with van der Waals surface area (Å²) >= 11 is 0. The summed E-state index contributed by atoms with van der Waals surface area (Å²) in [6.07, 6.45) is 12.0. The van der Waals surface area contributed by atoms with Gasteiger partial charge in [-0.25, -0.2) is 4.39 Å². The number of amides is 2. The largest absolute Gasteiger partial charge is 0.354 e. The van der Waals surface area contributed by atoms with Crippen LogP contribution in [-0.4, -0.2) is 54.2 Å². The summed E-state index contributed by atoms with van der Waals surface area (Å²) in [6.45, 7) is 4.56. The lowest BCUT2D eigenvalue weighted by atomic mass is 9.82. The molecule has 6 nitrogen and oxygen atoms in total. The van der Waals surface area contributed by atoms with Crippen LogP contribution in [0.15, 0.2) is 24.3 Å². The first-order chi connectivity index (χ1) is 17.9. The van der Waals surface area contributed by atoms with Crippen molar-refractivity contribution in [1.82, 2.24) is 15.5 Å². The number of hydrogen-bond donors (Lipinski definition) is 2. The molecule has 2 amide bonds. The van der Waals surface area contributed by atoms with Crippen molar-refractivity contribution >= 4 is 17.6 Å². The molecule has 1 aliphatic heterocycles. The number of nitrogens with zero attached hydrogens (tertiary/aromatic N) is 1. The third-order valence-electron chi connectivity index (χ3n) is 8.88. The summed E-state index contributed by atoms with van der Waals surface area (Å²) in [5.41, 5.74) is 0.623. The van der Waals surface area contributed by atoms with Gasteiger partial charge in [-0.05, 0) is 126 Å². The lowest BCUT2D eigenvalue weighted by molar-refractivity contribution is -0.124. The zero-order chi connectivity index (χ0) is 26.2. The Labute approximate surface area is 221 Å².